The highest BCUT2D eigenvalue weighted by atomic mass is 32.2. The molecule has 8 heteroatoms. The van der Waals surface area contributed by atoms with Crippen molar-refractivity contribution in [3.63, 3.8) is 0 Å². The van der Waals surface area contributed by atoms with Crippen LogP contribution in [0.2, 0.25) is 0 Å². The zero-order valence-corrected chi connectivity index (χ0v) is 18.7. The van der Waals surface area contributed by atoms with Crippen molar-refractivity contribution in [1.82, 2.24) is 14.4 Å². The summed E-state index contributed by atoms with van der Waals surface area (Å²) in [4.78, 5) is 2.35. The van der Waals surface area contributed by atoms with E-state index in [1.807, 2.05) is 19.9 Å². The van der Waals surface area contributed by atoms with Crippen molar-refractivity contribution in [1.29, 1.82) is 0 Å². The summed E-state index contributed by atoms with van der Waals surface area (Å²) >= 11 is 0. The zero-order chi connectivity index (χ0) is 22.2. The summed E-state index contributed by atoms with van der Waals surface area (Å²) in [5.41, 5.74) is 4.02. The lowest BCUT2D eigenvalue weighted by Crippen LogP contribution is -2.47. The van der Waals surface area contributed by atoms with Crippen molar-refractivity contribution in [2.75, 3.05) is 19.8 Å². The second kappa shape index (κ2) is 8.53. The topological polar surface area (TPSA) is 66.7 Å². The third-order valence-corrected chi connectivity index (χ3v) is 7.76. The molecule has 1 aliphatic rings. The van der Waals surface area contributed by atoms with E-state index in [-0.39, 0.29) is 10.7 Å². The quantitative estimate of drug-likeness (QED) is 0.590. The van der Waals surface area contributed by atoms with Gasteiger partial charge >= 0.3 is 0 Å². The Balaban J connectivity index is 1.59. The SMILES string of the molecule is Cc1ccc(-c2onc(C)c2C)cc1S(=O)(=O)N1CCCN(Cc2ccc(F)cc2)C1. The van der Waals surface area contributed by atoms with Crippen LogP contribution in [0.1, 0.15) is 28.8 Å². The lowest BCUT2D eigenvalue weighted by atomic mass is 10.1. The Morgan fingerprint density at radius 2 is 1.81 bits per heavy atom. The van der Waals surface area contributed by atoms with Gasteiger partial charge in [-0.05, 0) is 56.5 Å². The number of hydrogen-bond donors (Lipinski definition) is 0. The van der Waals surface area contributed by atoms with Crippen LogP contribution in [0.25, 0.3) is 11.3 Å². The lowest BCUT2D eigenvalue weighted by Gasteiger charge is -2.35. The summed E-state index contributed by atoms with van der Waals surface area (Å²) in [6, 6.07) is 11.7. The van der Waals surface area contributed by atoms with Crippen molar-refractivity contribution < 1.29 is 17.3 Å². The Morgan fingerprint density at radius 3 is 2.48 bits per heavy atom. The summed E-state index contributed by atoms with van der Waals surface area (Å²) < 4.78 is 47.2. The molecule has 0 N–H and O–H groups in total. The van der Waals surface area contributed by atoms with Crippen molar-refractivity contribution >= 4 is 10.0 Å². The van der Waals surface area contributed by atoms with E-state index in [2.05, 4.69) is 10.1 Å². The summed E-state index contributed by atoms with van der Waals surface area (Å²) in [5, 5.41) is 3.99. The van der Waals surface area contributed by atoms with Crippen molar-refractivity contribution in [3.8, 4) is 11.3 Å². The van der Waals surface area contributed by atoms with E-state index < -0.39 is 10.0 Å². The molecular formula is C23H26FN3O3S. The zero-order valence-electron chi connectivity index (χ0n) is 17.9. The monoisotopic (exact) mass is 443 g/mol. The van der Waals surface area contributed by atoms with Gasteiger partial charge in [0.2, 0.25) is 10.0 Å². The Morgan fingerprint density at radius 1 is 1.06 bits per heavy atom. The summed E-state index contributed by atoms with van der Waals surface area (Å²) in [7, 11) is -3.69. The van der Waals surface area contributed by atoms with Crippen molar-refractivity contribution in [2.45, 2.75) is 38.6 Å². The van der Waals surface area contributed by atoms with Crippen molar-refractivity contribution in [3.05, 3.63) is 70.7 Å². The number of benzene rings is 2. The van der Waals surface area contributed by atoms with E-state index in [4.69, 9.17) is 4.52 Å². The maximum Gasteiger partial charge on any atom is 0.244 e. The molecule has 1 aliphatic heterocycles. The maximum atomic E-state index is 13.5. The number of aromatic nitrogens is 1. The normalized spacial score (nSPS) is 16.0. The lowest BCUT2D eigenvalue weighted by molar-refractivity contribution is 0.140. The molecule has 0 saturated carbocycles. The standard InChI is InChI=1S/C23H26FN3O3S/c1-16-5-8-20(23-17(2)18(3)25-30-23)13-22(16)31(28,29)27-12-4-11-26(15-27)14-19-6-9-21(24)10-7-19/h5-10,13H,4,11-12,14-15H2,1-3H3. The van der Waals surface area contributed by atoms with Gasteiger partial charge in [-0.1, -0.05) is 29.4 Å². The highest BCUT2D eigenvalue weighted by molar-refractivity contribution is 7.89. The third-order valence-electron chi connectivity index (χ3n) is 5.78. The van der Waals surface area contributed by atoms with Gasteiger partial charge < -0.3 is 4.52 Å². The second-order valence-electron chi connectivity index (χ2n) is 8.06. The second-order valence-corrected chi connectivity index (χ2v) is 9.96. The third kappa shape index (κ3) is 4.42. The molecule has 4 rings (SSSR count). The first-order valence-corrected chi connectivity index (χ1v) is 11.7. The molecule has 31 heavy (non-hydrogen) atoms. The van der Waals surface area contributed by atoms with E-state index in [9.17, 15) is 12.8 Å². The van der Waals surface area contributed by atoms with Gasteiger partial charge in [0.05, 0.1) is 17.3 Å². The van der Waals surface area contributed by atoms with E-state index in [0.29, 0.717) is 36.6 Å². The maximum absolute atomic E-state index is 13.5. The van der Waals surface area contributed by atoms with Gasteiger partial charge in [0, 0.05) is 30.8 Å². The van der Waals surface area contributed by atoms with Crippen LogP contribution in [0.15, 0.2) is 51.9 Å². The predicted octanol–water partition coefficient (Wildman–Crippen LogP) is 4.26. The molecule has 1 saturated heterocycles. The van der Waals surface area contributed by atoms with Gasteiger partial charge in [0.1, 0.15) is 5.82 Å². The number of nitrogens with zero attached hydrogens (tertiary/aromatic N) is 3. The highest BCUT2D eigenvalue weighted by Crippen LogP contribution is 2.31. The minimum absolute atomic E-state index is 0.279. The molecule has 2 heterocycles. The summed E-state index contributed by atoms with van der Waals surface area (Å²) in [6.07, 6.45) is 0.736. The molecule has 164 valence electrons. The Labute approximate surface area is 182 Å². The van der Waals surface area contributed by atoms with Gasteiger partial charge in [0.25, 0.3) is 0 Å². The van der Waals surface area contributed by atoms with Crippen LogP contribution < -0.4 is 0 Å². The van der Waals surface area contributed by atoms with Crippen LogP contribution in [0, 0.1) is 26.6 Å². The van der Waals surface area contributed by atoms with E-state index in [0.717, 1.165) is 29.8 Å². The van der Waals surface area contributed by atoms with E-state index in [1.165, 1.54) is 16.4 Å². The molecule has 0 radical (unpaired) electrons. The van der Waals surface area contributed by atoms with Crippen LogP contribution >= 0.6 is 0 Å². The summed E-state index contributed by atoms with van der Waals surface area (Å²) in [6.45, 7) is 7.69. The number of sulfonamides is 1. The number of rotatable bonds is 5. The first kappa shape index (κ1) is 21.7. The molecule has 1 fully saturated rings. The van der Waals surface area contributed by atoms with Crippen molar-refractivity contribution in [2.24, 2.45) is 0 Å². The van der Waals surface area contributed by atoms with Crippen LogP contribution in [0.5, 0.6) is 0 Å². The molecule has 1 aromatic heterocycles. The Hall–Kier alpha value is -2.55. The first-order chi connectivity index (χ1) is 14.8. The molecular weight excluding hydrogens is 417 g/mol. The molecule has 0 bridgehead atoms. The van der Waals surface area contributed by atoms with E-state index in [1.54, 1.807) is 31.2 Å². The van der Waals surface area contributed by atoms with Gasteiger partial charge in [-0.3, -0.25) is 4.90 Å². The number of halogens is 1. The number of aryl methyl sites for hydroxylation is 2. The number of hydrogen-bond acceptors (Lipinski definition) is 5. The van der Waals surface area contributed by atoms with Gasteiger partial charge in [0.15, 0.2) is 5.76 Å². The average molecular weight is 444 g/mol. The highest BCUT2D eigenvalue weighted by Gasteiger charge is 2.31. The van der Waals surface area contributed by atoms with Crippen LogP contribution in [0.4, 0.5) is 4.39 Å². The minimum Gasteiger partial charge on any atom is -0.356 e. The molecule has 0 amide bonds. The molecule has 6 nitrogen and oxygen atoms in total. The van der Waals surface area contributed by atoms with Crippen LogP contribution in [-0.4, -0.2) is 42.5 Å². The molecule has 2 aromatic carbocycles. The molecule has 0 spiro atoms. The molecule has 0 unspecified atom stereocenters. The van der Waals surface area contributed by atoms with Gasteiger partial charge in [-0.2, -0.15) is 4.31 Å². The Kier molecular flexibility index (Phi) is 5.96. The average Bonchev–Trinajstić information content (AvgIpc) is 3.09. The minimum atomic E-state index is -3.69. The predicted molar refractivity (Wildman–Crippen MR) is 116 cm³/mol. The smallest absolute Gasteiger partial charge is 0.244 e. The van der Waals surface area contributed by atoms with Crippen LogP contribution in [-0.2, 0) is 16.6 Å². The van der Waals surface area contributed by atoms with Crippen LogP contribution in [0.3, 0.4) is 0 Å². The van der Waals surface area contributed by atoms with Gasteiger partial charge in [-0.15, -0.1) is 0 Å². The molecule has 0 atom stereocenters. The molecule has 0 aliphatic carbocycles. The van der Waals surface area contributed by atoms with Gasteiger partial charge in [-0.25, -0.2) is 12.8 Å². The Bertz CT molecular complexity index is 1190. The molecule has 3 aromatic rings. The fourth-order valence-electron chi connectivity index (χ4n) is 3.85. The fraction of sp³-hybridized carbons (Fsp3) is 0.348. The van der Waals surface area contributed by atoms with E-state index >= 15 is 0 Å². The largest absolute Gasteiger partial charge is 0.356 e. The first-order valence-electron chi connectivity index (χ1n) is 10.3. The fourth-order valence-corrected chi connectivity index (χ4v) is 5.57. The summed E-state index contributed by atoms with van der Waals surface area (Å²) in [5.74, 6) is 0.310.